The maximum Gasteiger partial charge on any atom is 0.433 e. The van der Waals surface area contributed by atoms with Gasteiger partial charge in [0.05, 0.1) is 6.54 Å². The highest BCUT2D eigenvalue weighted by Gasteiger charge is 2.42. The molecule has 7 nitrogen and oxygen atoms in total. The average molecular weight is 432 g/mol. The topological polar surface area (TPSA) is 78.4 Å². The lowest BCUT2D eigenvalue weighted by Crippen LogP contribution is -2.43. The van der Waals surface area contributed by atoms with E-state index in [4.69, 9.17) is 11.6 Å². The van der Waals surface area contributed by atoms with E-state index in [0.29, 0.717) is 11.6 Å². The van der Waals surface area contributed by atoms with E-state index in [1.165, 1.54) is 19.2 Å². The van der Waals surface area contributed by atoms with E-state index in [0.717, 1.165) is 22.1 Å². The number of hydrogen-bond acceptors (Lipinski definition) is 4. The van der Waals surface area contributed by atoms with E-state index in [2.05, 4.69) is 15.3 Å². The van der Waals surface area contributed by atoms with Crippen LogP contribution in [0.1, 0.15) is 11.3 Å². The Kier molecular flexibility index (Phi) is 5.60. The van der Waals surface area contributed by atoms with Crippen molar-refractivity contribution in [1.82, 2.24) is 20.2 Å². The molecule has 0 unspecified atom stereocenters. The van der Waals surface area contributed by atoms with Crippen molar-refractivity contribution in [3.63, 3.8) is 0 Å². The van der Waals surface area contributed by atoms with Crippen LogP contribution in [0.3, 0.4) is 0 Å². The first-order chi connectivity index (χ1) is 13.6. The van der Waals surface area contributed by atoms with Gasteiger partial charge in [-0.15, -0.1) is 0 Å². The molecule has 1 saturated heterocycles. The average Bonchev–Trinajstić information content (AvgIpc) is 2.95. The third kappa shape index (κ3) is 4.39. The molecule has 0 spiro atoms. The first kappa shape index (κ1) is 20.8. The summed E-state index contributed by atoms with van der Waals surface area (Å²) in [6.45, 7) is -0.254. The number of urea groups is 1. The Bertz CT molecular complexity index is 956. The van der Waals surface area contributed by atoms with Gasteiger partial charge in [-0.25, -0.2) is 19.2 Å². The summed E-state index contributed by atoms with van der Waals surface area (Å²) < 4.78 is 51.6. The number of amides is 3. The highest BCUT2D eigenvalue weighted by atomic mass is 35.5. The van der Waals surface area contributed by atoms with Gasteiger partial charge in [0.1, 0.15) is 17.6 Å². The Balaban J connectivity index is 1.72. The second-order valence-electron chi connectivity index (χ2n) is 6.21. The fourth-order valence-corrected chi connectivity index (χ4v) is 2.96. The highest BCUT2D eigenvalue weighted by molar-refractivity contribution is 6.31. The van der Waals surface area contributed by atoms with Crippen LogP contribution in [0.15, 0.2) is 30.5 Å². The number of likely N-dealkylation sites (N-methyl/N-ethyl adjacent to an activating group) is 1. The molecule has 0 radical (unpaired) electrons. The van der Waals surface area contributed by atoms with Crippen molar-refractivity contribution in [1.29, 1.82) is 0 Å². The van der Waals surface area contributed by atoms with Crippen LogP contribution in [0.25, 0.3) is 0 Å². The first-order valence-electron chi connectivity index (χ1n) is 8.24. The monoisotopic (exact) mass is 431 g/mol. The number of halogens is 5. The number of anilines is 1. The molecule has 1 aliphatic rings. The molecular formula is C17H14ClF4N5O2. The van der Waals surface area contributed by atoms with E-state index in [9.17, 15) is 27.2 Å². The van der Waals surface area contributed by atoms with Gasteiger partial charge >= 0.3 is 12.2 Å². The fraction of sp³-hybridized carbons (Fsp3) is 0.294. The fourth-order valence-electron chi connectivity index (χ4n) is 2.72. The number of alkyl halides is 3. The molecule has 1 fully saturated rings. The number of nitrogens with one attached hydrogen (secondary N) is 1. The van der Waals surface area contributed by atoms with E-state index in [1.807, 2.05) is 0 Å². The molecule has 0 aliphatic carbocycles. The van der Waals surface area contributed by atoms with Crippen LogP contribution in [0.2, 0.25) is 5.02 Å². The number of carbonyl (C=O) groups excluding carboxylic acids is 2. The molecule has 12 heteroatoms. The number of aromatic nitrogens is 2. The van der Waals surface area contributed by atoms with Gasteiger partial charge in [-0.3, -0.25) is 9.69 Å². The molecule has 2 aromatic rings. The number of rotatable bonds is 4. The number of benzene rings is 1. The van der Waals surface area contributed by atoms with Crippen molar-refractivity contribution in [3.05, 3.63) is 52.6 Å². The second kappa shape index (κ2) is 7.82. The normalized spacial score (nSPS) is 17.0. The number of nitrogens with zero attached hydrogens (tertiary/aromatic N) is 4. The Labute approximate surface area is 167 Å². The van der Waals surface area contributed by atoms with Gasteiger partial charge in [0.15, 0.2) is 0 Å². The molecule has 1 aromatic carbocycles. The zero-order chi connectivity index (χ0) is 21.3. The zero-order valence-electron chi connectivity index (χ0n) is 14.9. The lowest BCUT2D eigenvalue weighted by Gasteiger charge is -2.17. The minimum Gasteiger partial charge on any atom is -0.350 e. The minimum atomic E-state index is -4.70. The molecule has 3 amide bonds. The molecule has 1 N–H and O–H groups in total. The quantitative estimate of drug-likeness (QED) is 0.755. The van der Waals surface area contributed by atoms with E-state index in [-0.39, 0.29) is 18.1 Å². The Morgan fingerprint density at radius 3 is 2.72 bits per heavy atom. The smallest absolute Gasteiger partial charge is 0.350 e. The van der Waals surface area contributed by atoms with Crippen LogP contribution in [-0.2, 0) is 17.5 Å². The molecule has 154 valence electrons. The Hall–Kier alpha value is -2.95. The van der Waals surface area contributed by atoms with Gasteiger partial charge in [0, 0.05) is 24.8 Å². The summed E-state index contributed by atoms with van der Waals surface area (Å²) in [6.07, 6.45) is -3.81. The summed E-state index contributed by atoms with van der Waals surface area (Å²) in [5.74, 6) is -1.53. The summed E-state index contributed by atoms with van der Waals surface area (Å²) in [4.78, 5) is 33.9. The largest absolute Gasteiger partial charge is 0.433 e. The van der Waals surface area contributed by atoms with Crippen molar-refractivity contribution < 1.29 is 27.2 Å². The highest BCUT2D eigenvalue weighted by Crippen LogP contribution is 2.29. The summed E-state index contributed by atoms with van der Waals surface area (Å²) in [5, 5.41) is 2.70. The first-order valence-corrected chi connectivity index (χ1v) is 8.62. The maximum absolute atomic E-state index is 13.1. The molecule has 2 heterocycles. The van der Waals surface area contributed by atoms with E-state index in [1.54, 1.807) is 0 Å². The third-order valence-corrected chi connectivity index (χ3v) is 4.65. The van der Waals surface area contributed by atoms with Gasteiger partial charge < -0.3 is 10.2 Å². The van der Waals surface area contributed by atoms with Crippen LogP contribution in [-0.4, -0.2) is 46.4 Å². The minimum absolute atomic E-state index is 0.0173. The molecule has 1 aromatic heterocycles. The third-order valence-electron chi connectivity index (χ3n) is 4.30. The van der Waals surface area contributed by atoms with Crippen molar-refractivity contribution >= 4 is 29.5 Å². The van der Waals surface area contributed by atoms with Gasteiger partial charge in [-0.2, -0.15) is 13.2 Å². The lowest BCUT2D eigenvalue weighted by atomic mass is 10.2. The van der Waals surface area contributed by atoms with Crippen molar-refractivity contribution in [2.24, 2.45) is 0 Å². The van der Waals surface area contributed by atoms with Crippen molar-refractivity contribution in [2.75, 3.05) is 18.5 Å². The predicted octanol–water partition coefficient (Wildman–Crippen LogP) is 2.84. The SMILES string of the molecule is CN1C(=O)N(c2nccc(C(F)(F)F)n2)C[C@H]1C(=O)NCc1ccc(F)cc1Cl. The molecule has 0 bridgehead atoms. The Morgan fingerprint density at radius 1 is 1.34 bits per heavy atom. The molecule has 1 aliphatic heterocycles. The molecule has 3 rings (SSSR count). The van der Waals surface area contributed by atoms with Gasteiger partial charge in [0.2, 0.25) is 11.9 Å². The van der Waals surface area contributed by atoms with Crippen molar-refractivity contribution in [2.45, 2.75) is 18.8 Å². The van der Waals surface area contributed by atoms with Gasteiger partial charge in [0.25, 0.3) is 0 Å². The molecule has 29 heavy (non-hydrogen) atoms. The molecule has 1 atom stereocenters. The second-order valence-corrected chi connectivity index (χ2v) is 6.62. The van der Waals surface area contributed by atoms with Crippen LogP contribution in [0, 0.1) is 5.82 Å². The lowest BCUT2D eigenvalue weighted by molar-refractivity contribution is -0.141. The molecule has 0 saturated carbocycles. The predicted molar refractivity (Wildman–Crippen MR) is 94.6 cm³/mol. The summed E-state index contributed by atoms with van der Waals surface area (Å²) >= 11 is 5.91. The number of hydrogen-bond donors (Lipinski definition) is 1. The van der Waals surface area contributed by atoms with Crippen LogP contribution in [0.5, 0.6) is 0 Å². The van der Waals surface area contributed by atoms with E-state index >= 15 is 0 Å². The van der Waals surface area contributed by atoms with Gasteiger partial charge in [-0.05, 0) is 23.8 Å². The summed E-state index contributed by atoms with van der Waals surface area (Å²) in [7, 11) is 1.34. The van der Waals surface area contributed by atoms with Crippen LogP contribution >= 0.6 is 11.6 Å². The maximum atomic E-state index is 13.1. The van der Waals surface area contributed by atoms with Crippen LogP contribution in [0.4, 0.5) is 28.3 Å². The molecular weight excluding hydrogens is 418 g/mol. The van der Waals surface area contributed by atoms with Crippen LogP contribution < -0.4 is 10.2 Å². The van der Waals surface area contributed by atoms with Gasteiger partial charge in [-0.1, -0.05) is 17.7 Å². The Morgan fingerprint density at radius 2 is 2.07 bits per heavy atom. The van der Waals surface area contributed by atoms with Crippen molar-refractivity contribution in [3.8, 4) is 0 Å². The summed E-state index contributed by atoms with van der Waals surface area (Å²) in [6, 6.07) is 2.67. The zero-order valence-corrected chi connectivity index (χ0v) is 15.6. The van der Waals surface area contributed by atoms with E-state index < -0.39 is 41.6 Å². The standard InChI is InChI=1S/C17H14ClF4N5O2/c1-26-12(14(28)24-7-9-2-3-10(19)6-11(9)18)8-27(16(26)29)15-23-5-4-13(25-15)17(20,21)22/h2-6,12H,7-8H2,1H3,(H,24,28)/t12-/m0/s1. The number of carbonyl (C=O) groups is 2. The summed E-state index contributed by atoms with van der Waals surface area (Å²) in [5.41, 5.74) is -0.733.